The van der Waals surface area contributed by atoms with Crippen molar-refractivity contribution >= 4 is 21.6 Å². The standard InChI is InChI=1S/C33H30N2O4S/c1-24-16-18-26(19-17-24)31-34-33(22-25-10-4-2-5-11-25)30(39-31)29-15-9-8-12-27(29)23-35(32(33)36)20-21-40(37,38)28-13-6-3-7-14-28/h2-19,30H,20-23H2,1H3/t30-,33-/m0/s1. The Bertz CT molecular complexity index is 1670. The predicted octanol–water partition coefficient (Wildman–Crippen LogP) is 5.31. The highest BCUT2D eigenvalue weighted by Gasteiger charge is 2.56. The van der Waals surface area contributed by atoms with Crippen molar-refractivity contribution in [2.24, 2.45) is 4.99 Å². The maximum Gasteiger partial charge on any atom is 0.255 e. The predicted molar refractivity (Wildman–Crippen MR) is 155 cm³/mol. The van der Waals surface area contributed by atoms with Gasteiger partial charge in [-0.1, -0.05) is 90.5 Å². The average Bonchev–Trinajstić information content (AvgIpc) is 3.32. The van der Waals surface area contributed by atoms with E-state index in [2.05, 4.69) is 0 Å². The highest BCUT2D eigenvalue weighted by molar-refractivity contribution is 7.91. The molecular weight excluding hydrogens is 520 g/mol. The van der Waals surface area contributed by atoms with Crippen LogP contribution in [-0.2, 0) is 32.3 Å². The molecule has 4 aromatic rings. The van der Waals surface area contributed by atoms with Crippen molar-refractivity contribution in [1.82, 2.24) is 4.90 Å². The molecule has 2 aliphatic rings. The lowest BCUT2D eigenvalue weighted by molar-refractivity contribution is -0.139. The second-order valence-electron chi connectivity index (χ2n) is 10.4. The third-order valence-corrected chi connectivity index (χ3v) is 9.38. The molecule has 0 saturated heterocycles. The molecule has 0 unspecified atom stereocenters. The maximum atomic E-state index is 14.7. The van der Waals surface area contributed by atoms with Gasteiger partial charge in [-0.25, -0.2) is 13.4 Å². The largest absolute Gasteiger partial charge is 0.466 e. The van der Waals surface area contributed by atoms with Crippen molar-refractivity contribution in [3.8, 4) is 0 Å². The van der Waals surface area contributed by atoms with Gasteiger partial charge in [-0.05, 0) is 42.3 Å². The zero-order valence-corrected chi connectivity index (χ0v) is 23.1. The Morgan fingerprint density at radius 1 is 0.875 bits per heavy atom. The van der Waals surface area contributed by atoms with Crippen LogP contribution < -0.4 is 0 Å². The molecule has 0 N–H and O–H groups in total. The van der Waals surface area contributed by atoms with Crippen LogP contribution in [-0.4, -0.2) is 43.0 Å². The Kier molecular flexibility index (Phi) is 6.76. The Labute approximate surface area is 234 Å². The van der Waals surface area contributed by atoms with E-state index in [9.17, 15) is 13.2 Å². The smallest absolute Gasteiger partial charge is 0.255 e. The highest BCUT2D eigenvalue weighted by Crippen LogP contribution is 2.46. The SMILES string of the molecule is Cc1ccc(C2=N[C@]3(Cc4ccccc4)C(=O)N(CCS(=O)(=O)c4ccccc4)Cc4ccccc4[C@@H]3O2)cc1. The molecule has 4 aromatic carbocycles. The van der Waals surface area contributed by atoms with Gasteiger partial charge in [0.05, 0.1) is 10.6 Å². The molecule has 0 fully saturated rings. The summed E-state index contributed by atoms with van der Waals surface area (Å²) in [5.41, 5.74) is 3.40. The highest BCUT2D eigenvalue weighted by atomic mass is 32.2. The zero-order chi connectivity index (χ0) is 27.7. The third kappa shape index (κ3) is 4.82. The monoisotopic (exact) mass is 550 g/mol. The number of sulfone groups is 1. The molecule has 0 saturated carbocycles. The van der Waals surface area contributed by atoms with E-state index in [0.717, 1.165) is 27.8 Å². The summed E-state index contributed by atoms with van der Waals surface area (Å²) in [6.07, 6.45) is -0.327. The fourth-order valence-electron chi connectivity index (χ4n) is 5.54. The molecule has 0 aliphatic carbocycles. The third-order valence-electron chi connectivity index (χ3n) is 7.67. The number of hydrogen-bond donors (Lipinski definition) is 0. The van der Waals surface area contributed by atoms with Gasteiger partial charge < -0.3 is 9.64 Å². The summed E-state index contributed by atoms with van der Waals surface area (Å²) in [6.45, 7) is 2.34. The molecule has 40 heavy (non-hydrogen) atoms. The molecule has 0 radical (unpaired) electrons. The van der Waals surface area contributed by atoms with Crippen molar-refractivity contribution in [1.29, 1.82) is 0 Å². The number of ether oxygens (including phenoxy) is 1. The minimum atomic E-state index is -3.59. The minimum Gasteiger partial charge on any atom is -0.466 e. The number of benzene rings is 4. The maximum absolute atomic E-state index is 14.7. The van der Waals surface area contributed by atoms with E-state index in [-0.39, 0.29) is 29.6 Å². The molecular formula is C33H30N2O4S. The van der Waals surface area contributed by atoms with Gasteiger partial charge in [0.15, 0.2) is 21.5 Å². The molecule has 6 nitrogen and oxygen atoms in total. The molecule has 7 heteroatoms. The van der Waals surface area contributed by atoms with E-state index in [1.54, 1.807) is 35.2 Å². The van der Waals surface area contributed by atoms with Crippen molar-refractivity contribution in [3.63, 3.8) is 0 Å². The molecule has 0 bridgehead atoms. The first kappa shape index (κ1) is 26.0. The number of aliphatic imine (C=N–C) groups is 1. The molecule has 6 rings (SSSR count). The van der Waals surface area contributed by atoms with Gasteiger partial charge in [-0.2, -0.15) is 0 Å². The van der Waals surface area contributed by atoms with Crippen molar-refractivity contribution in [2.45, 2.75) is 36.4 Å². The molecule has 2 atom stereocenters. The Hall–Kier alpha value is -4.23. The molecule has 2 aliphatic heterocycles. The molecule has 0 spiro atoms. The summed E-state index contributed by atoms with van der Waals surface area (Å²) in [5, 5.41) is 0. The van der Waals surface area contributed by atoms with Crippen LogP contribution in [0.3, 0.4) is 0 Å². The van der Waals surface area contributed by atoms with Gasteiger partial charge >= 0.3 is 0 Å². The summed E-state index contributed by atoms with van der Waals surface area (Å²) in [7, 11) is -3.59. The van der Waals surface area contributed by atoms with Crippen LogP contribution in [0.5, 0.6) is 0 Å². The van der Waals surface area contributed by atoms with Gasteiger partial charge in [0.1, 0.15) is 0 Å². The van der Waals surface area contributed by atoms with Crippen LogP contribution >= 0.6 is 0 Å². The average molecular weight is 551 g/mol. The first-order valence-corrected chi connectivity index (χ1v) is 15.0. The Morgan fingerprint density at radius 3 is 2.25 bits per heavy atom. The van der Waals surface area contributed by atoms with Gasteiger partial charge in [0, 0.05) is 30.6 Å². The van der Waals surface area contributed by atoms with E-state index >= 15 is 0 Å². The number of amides is 1. The van der Waals surface area contributed by atoms with Crippen LogP contribution in [0.2, 0.25) is 0 Å². The van der Waals surface area contributed by atoms with E-state index in [1.165, 1.54) is 0 Å². The Morgan fingerprint density at radius 2 is 1.52 bits per heavy atom. The number of carbonyl (C=O) groups is 1. The van der Waals surface area contributed by atoms with Crippen molar-refractivity contribution in [3.05, 3.63) is 137 Å². The first-order valence-electron chi connectivity index (χ1n) is 13.4. The molecule has 202 valence electrons. The molecule has 0 aromatic heterocycles. The second-order valence-corrected chi connectivity index (χ2v) is 12.5. The van der Waals surface area contributed by atoms with E-state index in [0.29, 0.717) is 12.3 Å². The van der Waals surface area contributed by atoms with Crippen molar-refractivity contribution < 1.29 is 17.9 Å². The summed E-state index contributed by atoms with van der Waals surface area (Å²) in [4.78, 5) is 21.6. The van der Waals surface area contributed by atoms with Crippen LogP contribution in [0.1, 0.15) is 33.9 Å². The van der Waals surface area contributed by atoms with E-state index in [1.807, 2.05) is 85.8 Å². The number of rotatable bonds is 7. The normalized spacial score (nSPS) is 20.2. The minimum absolute atomic E-state index is 0.0447. The lowest BCUT2D eigenvalue weighted by Gasteiger charge is -2.32. The lowest BCUT2D eigenvalue weighted by atomic mass is 9.81. The number of aryl methyl sites for hydroxylation is 1. The Balaban J connectivity index is 1.45. The summed E-state index contributed by atoms with van der Waals surface area (Å²) >= 11 is 0. The van der Waals surface area contributed by atoms with Gasteiger partial charge in [0.25, 0.3) is 5.91 Å². The number of carbonyl (C=O) groups excluding carboxylic acids is 1. The van der Waals surface area contributed by atoms with Crippen LogP contribution in [0.15, 0.2) is 119 Å². The quantitative estimate of drug-likeness (QED) is 0.313. The van der Waals surface area contributed by atoms with E-state index < -0.39 is 21.5 Å². The lowest BCUT2D eigenvalue weighted by Crippen LogP contribution is -2.50. The van der Waals surface area contributed by atoms with Gasteiger partial charge in [0.2, 0.25) is 5.90 Å². The topological polar surface area (TPSA) is 76.0 Å². The van der Waals surface area contributed by atoms with Gasteiger partial charge in [-0.3, -0.25) is 4.79 Å². The van der Waals surface area contributed by atoms with Crippen LogP contribution in [0, 0.1) is 6.92 Å². The fraction of sp³-hybridized carbons (Fsp3) is 0.212. The van der Waals surface area contributed by atoms with Crippen LogP contribution in [0.25, 0.3) is 0 Å². The van der Waals surface area contributed by atoms with E-state index in [4.69, 9.17) is 9.73 Å². The first-order chi connectivity index (χ1) is 19.4. The summed E-state index contributed by atoms with van der Waals surface area (Å²) in [6, 6.07) is 33.9. The fourth-order valence-corrected chi connectivity index (χ4v) is 6.81. The van der Waals surface area contributed by atoms with Gasteiger partial charge in [-0.15, -0.1) is 0 Å². The second kappa shape index (κ2) is 10.4. The zero-order valence-electron chi connectivity index (χ0n) is 22.2. The summed E-state index contributed by atoms with van der Waals surface area (Å²) in [5.74, 6) is -0.00220. The van der Waals surface area contributed by atoms with Crippen molar-refractivity contribution in [2.75, 3.05) is 12.3 Å². The number of nitrogens with zero attached hydrogens (tertiary/aromatic N) is 2. The molecule has 2 heterocycles. The number of hydrogen-bond acceptors (Lipinski definition) is 5. The molecule has 1 amide bonds. The van der Waals surface area contributed by atoms with Crippen LogP contribution in [0.4, 0.5) is 0 Å². The number of fused-ring (bicyclic) bond motifs is 3. The summed E-state index contributed by atoms with van der Waals surface area (Å²) < 4.78 is 33.0.